The number of piperazine rings is 1. The number of carbonyl (C=O) groups is 2. The Morgan fingerprint density at radius 3 is 2.26 bits per heavy atom. The zero-order valence-corrected chi connectivity index (χ0v) is 22.0. The number of fused-ring (bicyclic) bond motifs is 2. The van der Waals surface area contributed by atoms with Gasteiger partial charge in [-0.2, -0.15) is 0 Å². The van der Waals surface area contributed by atoms with Crippen molar-refractivity contribution in [2.24, 2.45) is 7.05 Å². The van der Waals surface area contributed by atoms with Crippen molar-refractivity contribution in [3.05, 3.63) is 95.7 Å². The Labute approximate surface area is 222 Å². The maximum absolute atomic E-state index is 14.4. The van der Waals surface area contributed by atoms with E-state index in [9.17, 15) is 9.59 Å². The maximum Gasteiger partial charge on any atom is 0.254 e. The molecule has 6 rings (SSSR count). The molecule has 4 aromatic rings. The van der Waals surface area contributed by atoms with Crippen LogP contribution in [-0.4, -0.2) is 66.5 Å². The Morgan fingerprint density at radius 1 is 0.842 bits per heavy atom. The number of likely N-dealkylation sites (N-methyl/N-ethyl adjacent to an activating group) is 1. The minimum Gasteiger partial charge on any atom is -0.497 e. The molecule has 3 heterocycles. The summed E-state index contributed by atoms with van der Waals surface area (Å²) >= 11 is 0. The predicted octanol–water partition coefficient (Wildman–Crippen LogP) is 4.45. The Hall–Kier alpha value is -4.26. The second kappa shape index (κ2) is 9.56. The molecule has 7 nitrogen and oxygen atoms in total. The van der Waals surface area contributed by atoms with Gasteiger partial charge in [-0.1, -0.05) is 36.4 Å². The van der Waals surface area contributed by atoms with Crippen molar-refractivity contribution in [3.63, 3.8) is 0 Å². The largest absolute Gasteiger partial charge is 0.497 e. The molecule has 0 saturated carbocycles. The highest BCUT2D eigenvalue weighted by Crippen LogP contribution is 2.45. The zero-order chi connectivity index (χ0) is 26.4. The molecule has 2 aliphatic heterocycles. The van der Waals surface area contributed by atoms with E-state index in [-0.39, 0.29) is 11.8 Å². The molecule has 194 valence electrons. The van der Waals surface area contributed by atoms with E-state index in [0.717, 1.165) is 46.6 Å². The second-order valence-corrected chi connectivity index (χ2v) is 10.1. The number of anilines is 1. The summed E-state index contributed by atoms with van der Waals surface area (Å²) in [4.78, 5) is 33.9. The molecule has 2 amide bonds. The van der Waals surface area contributed by atoms with Gasteiger partial charge in [0, 0.05) is 74.2 Å². The summed E-state index contributed by atoms with van der Waals surface area (Å²) in [6.07, 6.45) is 2.08. The van der Waals surface area contributed by atoms with Crippen molar-refractivity contribution in [2.45, 2.75) is 12.0 Å². The standard InChI is InChI=1S/C31H32N4O3/c1-32-20-26(23-8-6-7-11-27(23)32)29-28(24-9-4-5-10-25(24)30(36)33(29)2)31(37)35-18-16-34(17-19-35)21-12-14-22(38-3)15-13-21/h4-15,20,28-29H,16-19H2,1-3H3. The first kappa shape index (κ1) is 24.1. The van der Waals surface area contributed by atoms with E-state index in [2.05, 4.69) is 39.9 Å². The third kappa shape index (κ3) is 3.90. The van der Waals surface area contributed by atoms with E-state index in [0.29, 0.717) is 18.7 Å². The summed E-state index contributed by atoms with van der Waals surface area (Å²) in [6.45, 7) is 2.76. The molecule has 0 radical (unpaired) electrons. The molecule has 2 atom stereocenters. The lowest BCUT2D eigenvalue weighted by Crippen LogP contribution is -2.53. The molecular weight excluding hydrogens is 476 g/mol. The lowest BCUT2D eigenvalue weighted by Gasteiger charge is -2.43. The summed E-state index contributed by atoms with van der Waals surface area (Å²) in [7, 11) is 5.51. The van der Waals surface area contributed by atoms with Crippen molar-refractivity contribution < 1.29 is 14.3 Å². The number of nitrogens with zero attached hydrogens (tertiary/aromatic N) is 4. The number of aromatic nitrogens is 1. The van der Waals surface area contributed by atoms with Crippen LogP contribution in [0.1, 0.15) is 33.4 Å². The van der Waals surface area contributed by atoms with Crippen LogP contribution >= 0.6 is 0 Å². The predicted molar refractivity (Wildman–Crippen MR) is 149 cm³/mol. The molecule has 1 aromatic heterocycles. The van der Waals surface area contributed by atoms with Gasteiger partial charge in [-0.25, -0.2) is 0 Å². The van der Waals surface area contributed by atoms with Crippen LogP contribution in [0.4, 0.5) is 5.69 Å². The van der Waals surface area contributed by atoms with E-state index >= 15 is 0 Å². The van der Waals surface area contributed by atoms with Gasteiger partial charge in [0.05, 0.1) is 19.1 Å². The van der Waals surface area contributed by atoms with Crippen LogP contribution in [0.5, 0.6) is 5.75 Å². The number of aryl methyl sites for hydroxylation is 1. The van der Waals surface area contributed by atoms with Crippen molar-refractivity contribution >= 4 is 28.4 Å². The van der Waals surface area contributed by atoms with Crippen LogP contribution in [-0.2, 0) is 11.8 Å². The molecule has 1 fully saturated rings. The normalized spacial score (nSPS) is 19.6. The van der Waals surface area contributed by atoms with Gasteiger partial charge in [0.2, 0.25) is 5.91 Å². The second-order valence-electron chi connectivity index (χ2n) is 10.1. The number of ether oxygens (including phenoxy) is 1. The van der Waals surface area contributed by atoms with E-state index in [4.69, 9.17) is 4.74 Å². The molecule has 2 unspecified atom stereocenters. The number of amides is 2. The molecule has 2 aliphatic rings. The van der Waals surface area contributed by atoms with E-state index in [1.54, 1.807) is 12.0 Å². The molecule has 3 aromatic carbocycles. The van der Waals surface area contributed by atoms with Gasteiger partial charge in [0.1, 0.15) is 5.75 Å². The molecule has 1 saturated heterocycles. The number of hydrogen-bond donors (Lipinski definition) is 0. The summed E-state index contributed by atoms with van der Waals surface area (Å²) in [5, 5.41) is 1.07. The molecular formula is C31H32N4O3. The van der Waals surface area contributed by atoms with Crippen LogP contribution in [0.2, 0.25) is 0 Å². The van der Waals surface area contributed by atoms with Gasteiger partial charge < -0.3 is 24.0 Å². The van der Waals surface area contributed by atoms with Gasteiger partial charge in [0.25, 0.3) is 5.91 Å². The van der Waals surface area contributed by atoms with Gasteiger partial charge in [0.15, 0.2) is 0 Å². The number of carbonyl (C=O) groups excluding carboxylic acids is 2. The Kier molecular flexibility index (Phi) is 6.06. The number of benzene rings is 3. The summed E-state index contributed by atoms with van der Waals surface area (Å²) < 4.78 is 7.37. The lowest BCUT2D eigenvalue weighted by atomic mass is 9.79. The molecule has 0 bridgehead atoms. The van der Waals surface area contributed by atoms with Gasteiger partial charge in [-0.05, 0) is 42.0 Å². The number of rotatable bonds is 4. The number of methoxy groups -OCH3 is 1. The Balaban J connectivity index is 1.34. The fourth-order valence-corrected chi connectivity index (χ4v) is 6.11. The molecule has 0 aliphatic carbocycles. The van der Waals surface area contributed by atoms with Gasteiger partial charge >= 0.3 is 0 Å². The quantitative estimate of drug-likeness (QED) is 0.409. The molecule has 7 heteroatoms. The van der Waals surface area contributed by atoms with E-state index in [1.807, 2.05) is 67.5 Å². The first-order valence-electron chi connectivity index (χ1n) is 13.1. The van der Waals surface area contributed by atoms with Crippen molar-refractivity contribution in [2.75, 3.05) is 45.2 Å². The average Bonchev–Trinajstić information content (AvgIpc) is 3.30. The first-order valence-corrected chi connectivity index (χ1v) is 13.1. The van der Waals surface area contributed by atoms with Gasteiger partial charge in [-0.15, -0.1) is 0 Å². The third-order valence-electron chi connectivity index (χ3n) is 8.12. The minimum atomic E-state index is -0.479. The smallest absolute Gasteiger partial charge is 0.254 e. The van der Waals surface area contributed by atoms with Crippen LogP contribution in [0.3, 0.4) is 0 Å². The molecule has 0 N–H and O–H groups in total. The average molecular weight is 509 g/mol. The lowest BCUT2D eigenvalue weighted by molar-refractivity contribution is -0.134. The highest BCUT2D eigenvalue weighted by molar-refractivity contribution is 6.02. The monoisotopic (exact) mass is 508 g/mol. The maximum atomic E-state index is 14.4. The van der Waals surface area contributed by atoms with Crippen molar-refractivity contribution in [1.29, 1.82) is 0 Å². The van der Waals surface area contributed by atoms with Crippen molar-refractivity contribution in [3.8, 4) is 5.75 Å². The van der Waals surface area contributed by atoms with Gasteiger partial charge in [-0.3, -0.25) is 9.59 Å². The van der Waals surface area contributed by atoms with Crippen molar-refractivity contribution in [1.82, 2.24) is 14.4 Å². The summed E-state index contributed by atoms with van der Waals surface area (Å²) in [5.41, 5.74) is 4.64. The zero-order valence-electron chi connectivity index (χ0n) is 22.0. The number of hydrogen-bond acceptors (Lipinski definition) is 4. The topological polar surface area (TPSA) is 58.0 Å². The highest BCUT2D eigenvalue weighted by atomic mass is 16.5. The minimum absolute atomic E-state index is 0.0492. The summed E-state index contributed by atoms with van der Waals surface area (Å²) in [6, 6.07) is 23.4. The van der Waals surface area contributed by atoms with E-state index in [1.165, 1.54) is 0 Å². The molecule has 38 heavy (non-hydrogen) atoms. The number of para-hydroxylation sites is 1. The Bertz CT molecular complexity index is 1500. The molecule has 0 spiro atoms. The first-order chi connectivity index (χ1) is 18.5. The Morgan fingerprint density at radius 2 is 1.53 bits per heavy atom. The highest BCUT2D eigenvalue weighted by Gasteiger charge is 2.45. The van der Waals surface area contributed by atoms with Crippen LogP contribution in [0.15, 0.2) is 79.0 Å². The SMILES string of the molecule is COc1ccc(N2CCN(C(=O)C3c4ccccc4C(=O)N(C)C3c3cn(C)c4ccccc34)CC2)cc1. The van der Waals surface area contributed by atoms with E-state index < -0.39 is 12.0 Å². The fraction of sp³-hybridized carbons (Fsp3) is 0.290. The van der Waals surface area contributed by atoms with Crippen LogP contribution in [0, 0.1) is 0 Å². The fourth-order valence-electron chi connectivity index (χ4n) is 6.11. The van der Waals surface area contributed by atoms with Crippen LogP contribution < -0.4 is 9.64 Å². The summed E-state index contributed by atoms with van der Waals surface area (Å²) in [5.74, 6) is 0.375. The van der Waals surface area contributed by atoms with Crippen LogP contribution in [0.25, 0.3) is 10.9 Å². The third-order valence-corrected chi connectivity index (χ3v) is 8.12.